The van der Waals surface area contributed by atoms with Crippen molar-refractivity contribution in [1.82, 2.24) is 5.32 Å². The first-order valence-electron chi connectivity index (χ1n) is 8.70. The smallest absolute Gasteiger partial charge is 0.0661 e. The van der Waals surface area contributed by atoms with Crippen LogP contribution >= 0.6 is 0 Å². The lowest BCUT2D eigenvalue weighted by atomic mass is 9.55. The summed E-state index contributed by atoms with van der Waals surface area (Å²) >= 11 is 0. The highest BCUT2D eigenvalue weighted by Gasteiger charge is 2.55. The van der Waals surface area contributed by atoms with Gasteiger partial charge in [-0.3, -0.25) is 0 Å². The topological polar surface area (TPSA) is 21.3 Å². The zero-order valence-corrected chi connectivity index (χ0v) is 12.6. The summed E-state index contributed by atoms with van der Waals surface area (Å²) < 4.78 is 6.03. The summed E-state index contributed by atoms with van der Waals surface area (Å²) in [7, 11) is 0. The van der Waals surface area contributed by atoms with Crippen LogP contribution in [0.1, 0.15) is 71.1 Å². The van der Waals surface area contributed by atoms with E-state index in [2.05, 4.69) is 12.2 Å². The molecule has 2 heteroatoms. The summed E-state index contributed by atoms with van der Waals surface area (Å²) in [5.41, 5.74) is 0.507. The molecule has 3 aliphatic carbocycles. The van der Waals surface area contributed by atoms with Crippen LogP contribution in [0.2, 0.25) is 0 Å². The standard InChI is InChI=1S/C17H31NO/c1-2-19-16-12-15(17(16)10-6-3-7-11-17)18-13-14-8-4-5-9-14/h14-16,18H,2-13H2,1H3. The van der Waals surface area contributed by atoms with Gasteiger partial charge in [0.25, 0.3) is 0 Å². The molecule has 0 aliphatic heterocycles. The van der Waals surface area contributed by atoms with E-state index < -0.39 is 0 Å². The Hall–Kier alpha value is -0.0800. The van der Waals surface area contributed by atoms with Gasteiger partial charge in [-0.15, -0.1) is 0 Å². The first kappa shape index (κ1) is 13.9. The molecule has 0 amide bonds. The fraction of sp³-hybridized carbons (Fsp3) is 1.00. The first-order valence-corrected chi connectivity index (χ1v) is 8.70. The maximum Gasteiger partial charge on any atom is 0.0661 e. The number of hydrogen-bond donors (Lipinski definition) is 1. The van der Waals surface area contributed by atoms with Gasteiger partial charge in [0.15, 0.2) is 0 Å². The van der Waals surface area contributed by atoms with E-state index in [1.54, 1.807) is 0 Å². The molecule has 0 bridgehead atoms. The van der Waals surface area contributed by atoms with Crippen molar-refractivity contribution < 1.29 is 4.74 Å². The molecular weight excluding hydrogens is 234 g/mol. The molecule has 0 aromatic carbocycles. The van der Waals surface area contributed by atoms with Crippen LogP contribution in [-0.4, -0.2) is 25.3 Å². The first-order chi connectivity index (χ1) is 9.35. The van der Waals surface area contributed by atoms with Crippen molar-refractivity contribution in [2.45, 2.75) is 83.3 Å². The molecule has 0 aromatic rings. The van der Waals surface area contributed by atoms with Crippen molar-refractivity contribution in [3.8, 4) is 0 Å². The molecule has 0 aromatic heterocycles. The van der Waals surface area contributed by atoms with Gasteiger partial charge < -0.3 is 10.1 Å². The van der Waals surface area contributed by atoms with Gasteiger partial charge in [-0.2, -0.15) is 0 Å². The second-order valence-electron chi connectivity index (χ2n) is 7.08. The van der Waals surface area contributed by atoms with E-state index in [4.69, 9.17) is 4.74 Å². The van der Waals surface area contributed by atoms with Gasteiger partial charge in [-0.05, 0) is 51.5 Å². The van der Waals surface area contributed by atoms with Gasteiger partial charge in [-0.25, -0.2) is 0 Å². The molecule has 2 unspecified atom stereocenters. The zero-order valence-electron chi connectivity index (χ0n) is 12.6. The minimum absolute atomic E-state index is 0.507. The Morgan fingerprint density at radius 2 is 1.79 bits per heavy atom. The SMILES string of the molecule is CCOC1CC(NCC2CCCC2)C12CCCCC2. The Bertz CT molecular complexity index is 279. The summed E-state index contributed by atoms with van der Waals surface area (Å²) in [6, 6.07) is 0.755. The summed E-state index contributed by atoms with van der Waals surface area (Å²) in [4.78, 5) is 0. The normalized spacial score (nSPS) is 34.6. The quantitative estimate of drug-likeness (QED) is 0.814. The Labute approximate surface area is 118 Å². The largest absolute Gasteiger partial charge is 0.378 e. The van der Waals surface area contributed by atoms with E-state index in [-0.39, 0.29) is 0 Å². The Morgan fingerprint density at radius 3 is 2.47 bits per heavy atom. The highest BCUT2D eigenvalue weighted by atomic mass is 16.5. The van der Waals surface area contributed by atoms with Crippen LogP contribution in [0.5, 0.6) is 0 Å². The number of ether oxygens (including phenoxy) is 1. The molecule has 2 nitrogen and oxygen atoms in total. The van der Waals surface area contributed by atoms with Crippen molar-refractivity contribution in [2.24, 2.45) is 11.3 Å². The summed E-state index contributed by atoms with van der Waals surface area (Å²) in [5.74, 6) is 0.965. The lowest BCUT2D eigenvalue weighted by Crippen LogP contribution is -2.64. The Kier molecular flexibility index (Phi) is 4.48. The fourth-order valence-electron chi connectivity index (χ4n) is 4.87. The third kappa shape index (κ3) is 2.71. The molecule has 0 heterocycles. The van der Waals surface area contributed by atoms with Gasteiger partial charge in [0, 0.05) is 18.1 Å². The van der Waals surface area contributed by atoms with E-state index in [0.717, 1.165) is 18.6 Å². The third-order valence-electron chi connectivity index (χ3n) is 6.06. The summed E-state index contributed by atoms with van der Waals surface area (Å²) in [6.45, 7) is 4.31. The summed E-state index contributed by atoms with van der Waals surface area (Å²) in [6.07, 6.45) is 14.8. The van der Waals surface area contributed by atoms with Crippen molar-refractivity contribution in [3.05, 3.63) is 0 Å². The maximum absolute atomic E-state index is 6.03. The van der Waals surface area contributed by atoms with Crippen LogP contribution in [0.4, 0.5) is 0 Å². The van der Waals surface area contributed by atoms with Crippen LogP contribution in [0.25, 0.3) is 0 Å². The van der Waals surface area contributed by atoms with E-state index in [9.17, 15) is 0 Å². The Balaban J connectivity index is 1.55. The second-order valence-corrected chi connectivity index (χ2v) is 7.08. The van der Waals surface area contributed by atoms with Crippen molar-refractivity contribution in [3.63, 3.8) is 0 Å². The number of nitrogens with one attached hydrogen (secondary N) is 1. The predicted octanol–water partition coefficient (Wildman–Crippen LogP) is 3.89. The van der Waals surface area contributed by atoms with Gasteiger partial charge in [-0.1, -0.05) is 32.1 Å². The van der Waals surface area contributed by atoms with Gasteiger partial charge in [0.2, 0.25) is 0 Å². The van der Waals surface area contributed by atoms with Crippen molar-refractivity contribution >= 4 is 0 Å². The number of hydrogen-bond acceptors (Lipinski definition) is 2. The average Bonchev–Trinajstić information content (AvgIpc) is 2.96. The van der Waals surface area contributed by atoms with Crippen molar-refractivity contribution in [1.29, 1.82) is 0 Å². The lowest BCUT2D eigenvalue weighted by molar-refractivity contribution is -0.150. The van der Waals surface area contributed by atoms with Crippen LogP contribution in [0.15, 0.2) is 0 Å². The van der Waals surface area contributed by atoms with E-state index in [1.165, 1.54) is 70.8 Å². The minimum atomic E-state index is 0.507. The Morgan fingerprint density at radius 1 is 1.05 bits per heavy atom. The van der Waals surface area contributed by atoms with Crippen molar-refractivity contribution in [2.75, 3.05) is 13.2 Å². The fourth-order valence-corrected chi connectivity index (χ4v) is 4.87. The minimum Gasteiger partial charge on any atom is -0.378 e. The highest BCUT2D eigenvalue weighted by Crippen LogP contribution is 2.53. The zero-order chi connectivity index (χ0) is 13.1. The molecule has 3 aliphatic rings. The van der Waals surface area contributed by atoms with E-state index >= 15 is 0 Å². The molecule has 0 saturated heterocycles. The monoisotopic (exact) mass is 265 g/mol. The highest BCUT2D eigenvalue weighted by molar-refractivity contribution is 5.09. The maximum atomic E-state index is 6.03. The van der Waals surface area contributed by atoms with Crippen LogP contribution in [0, 0.1) is 11.3 Å². The molecule has 0 radical (unpaired) electrons. The molecular formula is C17H31NO. The second kappa shape index (κ2) is 6.13. The van der Waals surface area contributed by atoms with Crippen LogP contribution in [-0.2, 0) is 4.74 Å². The lowest BCUT2D eigenvalue weighted by Gasteiger charge is -2.58. The molecule has 3 fully saturated rings. The molecule has 3 rings (SSSR count). The molecule has 1 spiro atoms. The van der Waals surface area contributed by atoms with E-state index in [1.807, 2.05) is 0 Å². The third-order valence-corrected chi connectivity index (χ3v) is 6.06. The average molecular weight is 265 g/mol. The van der Waals surface area contributed by atoms with Gasteiger partial charge in [0.05, 0.1) is 6.10 Å². The number of rotatable bonds is 5. The molecule has 3 saturated carbocycles. The predicted molar refractivity (Wildman–Crippen MR) is 79.3 cm³/mol. The van der Waals surface area contributed by atoms with Gasteiger partial charge >= 0.3 is 0 Å². The molecule has 2 atom stereocenters. The molecule has 1 N–H and O–H groups in total. The van der Waals surface area contributed by atoms with Gasteiger partial charge in [0.1, 0.15) is 0 Å². The van der Waals surface area contributed by atoms with E-state index in [0.29, 0.717) is 11.5 Å². The molecule has 19 heavy (non-hydrogen) atoms. The summed E-state index contributed by atoms with van der Waals surface area (Å²) in [5, 5.41) is 3.93. The van der Waals surface area contributed by atoms with Crippen LogP contribution < -0.4 is 5.32 Å². The molecule has 110 valence electrons. The van der Waals surface area contributed by atoms with Crippen LogP contribution in [0.3, 0.4) is 0 Å².